The van der Waals surface area contributed by atoms with Crippen LogP contribution in [-0.2, 0) is 13.0 Å². The summed E-state index contributed by atoms with van der Waals surface area (Å²) in [7, 11) is 0. The molecule has 0 saturated carbocycles. The Kier molecular flexibility index (Phi) is 6.25. The first kappa shape index (κ1) is 20.5. The molecular formula is C24H21ClN2O2. The summed E-state index contributed by atoms with van der Waals surface area (Å²) in [5.41, 5.74) is 4.19. The fourth-order valence-electron chi connectivity index (χ4n) is 3.46. The van der Waals surface area contributed by atoms with Crippen molar-refractivity contribution >= 4 is 22.5 Å². The van der Waals surface area contributed by atoms with Crippen molar-refractivity contribution in [2.24, 2.45) is 0 Å². The van der Waals surface area contributed by atoms with E-state index in [0.717, 1.165) is 17.3 Å². The molecule has 4 aromatic rings. The lowest BCUT2D eigenvalue weighted by Crippen LogP contribution is -3.00. The summed E-state index contributed by atoms with van der Waals surface area (Å²) in [6.45, 7) is 2.33. The van der Waals surface area contributed by atoms with Gasteiger partial charge < -0.3 is 17.4 Å². The minimum absolute atomic E-state index is 0. The van der Waals surface area contributed by atoms with E-state index in [1.165, 1.54) is 5.56 Å². The molecule has 0 unspecified atom stereocenters. The third kappa shape index (κ3) is 4.13. The van der Waals surface area contributed by atoms with Crippen molar-refractivity contribution in [1.82, 2.24) is 4.98 Å². The second-order valence-corrected chi connectivity index (χ2v) is 6.77. The Bertz CT molecular complexity index is 1150. The normalized spacial score (nSPS) is 10.5. The maximum atomic E-state index is 12.8. The van der Waals surface area contributed by atoms with Crippen LogP contribution >= 0.6 is 0 Å². The number of ketones is 2. The van der Waals surface area contributed by atoms with Gasteiger partial charge >= 0.3 is 0 Å². The highest BCUT2D eigenvalue weighted by Crippen LogP contribution is 2.22. The SMILES string of the molecule is CCc1cccc2c(C(=O)C[n+]3ccc(C(=O)c4ccccc4)cc3)c[nH]c12.[Cl-]. The van der Waals surface area contributed by atoms with Crippen LogP contribution in [0.1, 0.15) is 38.8 Å². The minimum atomic E-state index is -0.0252. The van der Waals surface area contributed by atoms with Crippen LogP contribution in [-0.4, -0.2) is 16.6 Å². The van der Waals surface area contributed by atoms with Gasteiger partial charge in [-0.1, -0.05) is 55.5 Å². The largest absolute Gasteiger partial charge is 1.00 e. The Morgan fingerprint density at radius 2 is 1.59 bits per heavy atom. The molecule has 1 N–H and O–H groups in total. The van der Waals surface area contributed by atoms with Crippen molar-refractivity contribution in [3.8, 4) is 0 Å². The number of rotatable bonds is 6. The van der Waals surface area contributed by atoms with E-state index in [1.54, 1.807) is 47.4 Å². The molecule has 5 heteroatoms. The van der Waals surface area contributed by atoms with Gasteiger partial charge in [-0.25, -0.2) is 0 Å². The molecule has 2 aromatic carbocycles. The van der Waals surface area contributed by atoms with Gasteiger partial charge in [0.25, 0.3) is 0 Å². The van der Waals surface area contributed by atoms with Crippen LogP contribution in [0, 0.1) is 0 Å². The van der Waals surface area contributed by atoms with Gasteiger partial charge in [-0.15, -0.1) is 0 Å². The van der Waals surface area contributed by atoms with E-state index in [9.17, 15) is 9.59 Å². The number of fused-ring (bicyclic) bond motifs is 1. The summed E-state index contributed by atoms with van der Waals surface area (Å²) in [4.78, 5) is 28.6. The maximum absolute atomic E-state index is 12.8. The lowest BCUT2D eigenvalue weighted by Gasteiger charge is -2.02. The number of H-pyrrole nitrogens is 1. The van der Waals surface area contributed by atoms with Crippen LogP contribution in [0.5, 0.6) is 0 Å². The van der Waals surface area contributed by atoms with Crippen molar-refractivity contribution in [2.75, 3.05) is 0 Å². The average molecular weight is 405 g/mol. The van der Waals surface area contributed by atoms with Crippen molar-refractivity contribution in [1.29, 1.82) is 0 Å². The summed E-state index contributed by atoms with van der Waals surface area (Å²) in [5.74, 6) is 0.00874. The highest BCUT2D eigenvalue weighted by atomic mass is 35.5. The molecule has 0 atom stereocenters. The van der Waals surface area contributed by atoms with Gasteiger partial charge in [0.15, 0.2) is 18.2 Å². The molecule has 29 heavy (non-hydrogen) atoms. The molecule has 0 aliphatic rings. The van der Waals surface area contributed by atoms with Crippen LogP contribution < -0.4 is 17.0 Å². The van der Waals surface area contributed by atoms with Crippen molar-refractivity contribution in [3.05, 3.63) is 102 Å². The van der Waals surface area contributed by atoms with Crippen LogP contribution in [0.3, 0.4) is 0 Å². The van der Waals surface area contributed by atoms with E-state index in [0.29, 0.717) is 16.7 Å². The molecule has 4 rings (SSSR count). The third-order valence-corrected chi connectivity index (χ3v) is 5.00. The number of pyridine rings is 1. The maximum Gasteiger partial charge on any atom is 0.229 e. The first-order chi connectivity index (χ1) is 13.7. The number of carbonyl (C=O) groups excluding carboxylic acids is 2. The Morgan fingerprint density at radius 3 is 2.28 bits per heavy atom. The minimum Gasteiger partial charge on any atom is -1.00 e. The third-order valence-electron chi connectivity index (χ3n) is 5.00. The topological polar surface area (TPSA) is 53.8 Å². The number of aryl methyl sites for hydroxylation is 1. The fraction of sp³-hybridized carbons (Fsp3) is 0.125. The summed E-state index contributed by atoms with van der Waals surface area (Å²) in [6.07, 6.45) is 6.26. The second-order valence-electron chi connectivity index (χ2n) is 6.77. The van der Waals surface area contributed by atoms with E-state index in [1.807, 2.05) is 30.3 Å². The number of halogens is 1. The highest BCUT2D eigenvalue weighted by Gasteiger charge is 2.18. The lowest BCUT2D eigenvalue weighted by molar-refractivity contribution is -0.683. The smallest absolute Gasteiger partial charge is 0.229 e. The first-order valence-corrected chi connectivity index (χ1v) is 9.38. The van der Waals surface area contributed by atoms with Crippen molar-refractivity contribution in [3.63, 3.8) is 0 Å². The number of nitrogens with zero attached hydrogens (tertiary/aromatic N) is 1. The highest BCUT2D eigenvalue weighted by molar-refractivity contribution is 6.09. The molecule has 0 aliphatic carbocycles. The molecule has 2 aromatic heterocycles. The molecule has 0 aliphatic heterocycles. The molecule has 2 heterocycles. The zero-order valence-electron chi connectivity index (χ0n) is 16.1. The van der Waals surface area contributed by atoms with Gasteiger partial charge in [0, 0.05) is 45.9 Å². The number of aromatic amines is 1. The van der Waals surface area contributed by atoms with E-state index >= 15 is 0 Å². The van der Waals surface area contributed by atoms with Gasteiger partial charge in [-0.3, -0.25) is 9.59 Å². The fourth-order valence-corrected chi connectivity index (χ4v) is 3.46. The van der Waals surface area contributed by atoms with E-state index < -0.39 is 0 Å². The quantitative estimate of drug-likeness (QED) is 0.387. The standard InChI is InChI=1S/C24H20N2O2.ClH/c1-2-17-9-6-10-20-21(15-25-23(17)20)22(27)16-26-13-11-19(12-14-26)24(28)18-7-4-3-5-8-18;/h3-15H,2,16H2,1H3;1H. The predicted octanol–water partition coefficient (Wildman–Crippen LogP) is 1.14. The molecule has 0 radical (unpaired) electrons. The number of hydrogen-bond acceptors (Lipinski definition) is 2. The molecular weight excluding hydrogens is 384 g/mol. The Balaban J connectivity index is 0.00000240. The number of Topliss-reactive ketones (excluding diaryl/α,β-unsaturated/α-hetero) is 1. The van der Waals surface area contributed by atoms with E-state index in [-0.39, 0.29) is 30.5 Å². The monoisotopic (exact) mass is 404 g/mol. The van der Waals surface area contributed by atoms with Gasteiger partial charge in [0.1, 0.15) is 0 Å². The molecule has 0 saturated heterocycles. The predicted molar refractivity (Wildman–Crippen MR) is 109 cm³/mol. The summed E-state index contributed by atoms with van der Waals surface area (Å²) < 4.78 is 1.80. The average Bonchev–Trinajstić information content (AvgIpc) is 3.19. The van der Waals surface area contributed by atoms with Crippen molar-refractivity contribution < 1.29 is 26.6 Å². The Morgan fingerprint density at radius 1 is 0.897 bits per heavy atom. The number of carbonyl (C=O) groups is 2. The van der Waals surface area contributed by atoms with E-state index in [2.05, 4.69) is 18.0 Å². The Hall–Kier alpha value is -3.24. The zero-order chi connectivity index (χ0) is 19.5. The summed E-state index contributed by atoms with van der Waals surface area (Å²) >= 11 is 0. The summed E-state index contributed by atoms with van der Waals surface area (Å²) in [6, 6.07) is 18.7. The molecule has 0 spiro atoms. The molecule has 0 bridgehead atoms. The molecule has 0 fully saturated rings. The number of nitrogens with one attached hydrogen (secondary N) is 1. The van der Waals surface area contributed by atoms with Crippen molar-refractivity contribution in [2.45, 2.75) is 19.9 Å². The Labute approximate surface area is 175 Å². The second kappa shape index (κ2) is 8.84. The number of para-hydroxylation sites is 1. The van der Waals surface area contributed by atoms with Crippen LogP contribution in [0.15, 0.2) is 79.3 Å². The number of aromatic nitrogens is 2. The summed E-state index contributed by atoms with van der Waals surface area (Å²) in [5, 5.41) is 0.959. The first-order valence-electron chi connectivity index (χ1n) is 9.38. The van der Waals surface area contributed by atoms with Gasteiger partial charge in [-0.05, 0) is 12.0 Å². The van der Waals surface area contributed by atoms with Gasteiger partial charge in [-0.2, -0.15) is 4.57 Å². The number of hydrogen-bond donors (Lipinski definition) is 1. The van der Waals surface area contributed by atoms with E-state index in [4.69, 9.17) is 0 Å². The molecule has 0 amide bonds. The zero-order valence-corrected chi connectivity index (χ0v) is 16.8. The molecule has 146 valence electrons. The number of benzene rings is 2. The lowest BCUT2D eigenvalue weighted by atomic mass is 10.0. The van der Waals surface area contributed by atoms with Crippen LogP contribution in [0.4, 0.5) is 0 Å². The van der Waals surface area contributed by atoms with Gasteiger partial charge in [0.2, 0.25) is 12.3 Å². The molecule has 4 nitrogen and oxygen atoms in total. The van der Waals surface area contributed by atoms with Crippen LogP contribution in [0.2, 0.25) is 0 Å². The van der Waals surface area contributed by atoms with Crippen LogP contribution in [0.25, 0.3) is 10.9 Å². The van der Waals surface area contributed by atoms with Gasteiger partial charge in [0.05, 0.1) is 0 Å².